The van der Waals surface area contributed by atoms with Crippen LogP contribution in [0.4, 0.5) is 11.4 Å². The number of non-ortho nitro benzene ring substituents is 1. The predicted molar refractivity (Wildman–Crippen MR) is 60.0 cm³/mol. The van der Waals surface area contributed by atoms with Gasteiger partial charge in [0.25, 0.3) is 5.69 Å². The van der Waals surface area contributed by atoms with Gasteiger partial charge in [0.15, 0.2) is 5.71 Å². The number of esters is 1. The molecule has 0 N–H and O–H groups in total. The minimum atomic E-state index is -0.547. The number of ether oxygens (including phenoxy) is 1. The van der Waals surface area contributed by atoms with Gasteiger partial charge in [-0.05, 0) is 13.0 Å². The Bertz CT molecular complexity index is 560. The smallest absolute Gasteiger partial charge is 0.362 e. The summed E-state index contributed by atoms with van der Waals surface area (Å²) in [6, 6.07) is 5.74. The molecule has 0 aliphatic carbocycles. The number of nitro benzene ring substituents is 1. The van der Waals surface area contributed by atoms with Crippen molar-refractivity contribution in [2.24, 2.45) is 4.99 Å². The molecular formula is C11H8N2O4. The van der Waals surface area contributed by atoms with Crippen LogP contribution in [0, 0.1) is 10.1 Å². The Hall–Kier alpha value is -2.50. The van der Waals surface area contributed by atoms with Crippen LogP contribution < -0.4 is 0 Å². The Balaban J connectivity index is 2.36. The van der Waals surface area contributed by atoms with Gasteiger partial charge in [-0.15, -0.1) is 0 Å². The molecule has 6 heteroatoms. The van der Waals surface area contributed by atoms with Crippen LogP contribution in [0.2, 0.25) is 0 Å². The number of allylic oxidation sites excluding steroid dienone is 1. The molecule has 1 aromatic rings. The number of cyclic esters (lactones) is 1. The molecule has 1 aliphatic heterocycles. The van der Waals surface area contributed by atoms with E-state index in [0.717, 1.165) is 0 Å². The van der Waals surface area contributed by atoms with E-state index >= 15 is 0 Å². The van der Waals surface area contributed by atoms with Gasteiger partial charge in [-0.3, -0.25) is 10.1 Å². The van der Waals surface area contributed by atoms with Crippen molar-refractivity contribution in [3.8, 4) is 0 Å². The molecule has 0 atom stereocenters. The van der Waals surface area contributed by atoms with E-state index in [2.05, 4.69) is 4.99 Å². The first-order valence-electron chi connectivity index (χ1n) is 4.80. The summed E-state index contributed by atoms with van der Waals surface area (Å²) in [6.07, 6.45) is 1.49. The van der Waals surface area contributed by atoms with Gasteiger partial charge < -0.3 is 4.74 Å². The highest BCUT2D eigenvalue weighted by atomic mass is 16.6. The second-order valence-corrected chi connectivity index (χ2v) is 3.42. The Morgan fingerprint density at radius 3 is 2.76 bits per heavy atom. The molecule has 0 saturated carbocycles. The zero-order valence-corrected chi connectivity index (χ0v) is 8.91. The molecule has 17 heavy (non-hydrogen) atoms. The fourth-order valence-electron chi connectivity index (χ4n) is 1.37. The number of nitrogens with zero attached hydrogens (tertiary/aromatic N) is 2. The molecule has 6 nitrogen and oxygen atoms in total. The molecule has 0 aromatic heterocycles. The molecule has 0 saturated heterocycles. The maximum absolute atomic E-state index is 11.3. The topological polar surface area (TPSA) is 81.8 Å². The Morgan fingerprint density at radius 1 is 1.41 bits per heavy atom. The summed E-state index contributed by atoms with van der Waals surface area (Å²) in [5.41, 5.74) is 0.416. The van der Waals surface area contributed by atoms with E-state index in [1.807, 2.05) is 0 Å². The molecule has 1 aromatic carbocycles. The van der Waals surface area contributed by atoms with Gasteiger partial charge in [0.05, 0.1) is 10.6 Å². The first-order chi connectivity index (χ1) is 8.06. The third-order valence-electron chi connectivity index (χ3n) is 2.09. The lowest BCUT2D eigenvalue weighted by atomic mass is 10.3. The Morgan fingerprint density at radius 2 is 2.18 bits per heavy atom. The second kappa shape index (κ2) is 4.17. The van der Waals surface area contributed by atoms with Crippen molar-refractivity contribution in [3.05, 3.63) is 46.2 Å². The van der Waals surface area contributed by atoms with Crippen molar-refractivity contribution >= 4 is 23.1 Å². The van der Waals surface area contributed by atoms with Crippen LogP contribution in [0.25, 0.3) is 0 Å². The van der Waals surface area contributed by atoms with Crippen molar-refractivity contribution < 1.29 is 14.5 Å². The van der Waals surface area contributed by atoms with Crippen molar-refractivity contribution in [3.63, 3.8) is 0 Å². The standard InChI is InChI=1S/C11H8N2O4/c1-7-5-10(11(14)17-7)12-8-3-2-4-9(6-8)13(15)16/h2-6H,1H3. The second-order valence-electron chi connectivity index (χ2n) is 3.42. The number of carbonyl (C=O) groups excluding carboxylic acids is 1. The maximum Gasteiger partial charge on any atom is 0.362 e. The molecule has 86 valence electrons. The lowest BCUT2D eigenvalue weighted by molar-refractivity contribution is -0.384. The summed E-state index contributed by atoms with van der Waals surface area (Å²) in [7, 11) is 0. The maximum atomic E-state index is 11.3. The Labute approximate surface area is 96.4 Å². The highest BCUT2D eigenvalue weighted by Gasteiger charge is 2.19. The van der Waals surface area contributed by atoms with E-state index in [9.17, 15) is 14.9 Å². The average molecular weight is 232 g/mol. The summed E-state index contributed by atoms with van der Waals surface area (Å²) in [4.78, 5) is 25.3. The minimum absolute atomic E-state index is 0.0704. The molecule has 0 amide bonds. The average Bonchev–Trinajstić information content (AvgIpc) is 2.58. The molecule has 2 rings (SSSR count). The van der Waals surface area contributed by atoms with E-state index in [1.54, 1.807) is 13.0 Å². The minimum Gasteiger partial charge on any atom is -0.427 e. The van der Waals surface area contributed by atoms with Crippen molar-refractivity contribution in [2.45, 2.75) is 6.92 Å². The van der Waals surface area contributed by atoms with E-state index in [1.165, 1.54) is 24.3 Å². The summed E-state index contributed by atoms with van der Waals surface area (Å²) in [5, 5.41) is 10.6. The molecular weight excluding hydrogens is 224 g/mol. The highest BCUT2D eigenvalue weighted by molar-refractivity contribution is 6.43. The van der Waals surface area contributed by atoms with E-state index in [0.29, 0.717) is 11.4 Å². The summed E-state index contributed by atoms with van der Waals surface area (Å²) >= 11 is 0. The van der Waals surface area contributed by atoms with Crippen LogP contribution in [0.15, 0.2) is 41.1 Å². The highest BCUT2D eigenvalue weighted by Crippen LogP contribution is 2.21. The normalized spacial score (nSPS) is 16.9. The number of carbonyl (C=O) groups is 1. The Kier molecular flexibility index (Phi) is 2.70. The molecule has 0 bridgehead atoms. The zero-order chi connectivity index (χ0) is 12.4. The van der Waals surface area contributed by atoms with Crippen molar-refractivity contribution in [1.82, 2.24) is 0 Å². The number of aliphatic imine (C=N–C) groups is 1. The van der Waals surface area contributed by atoms with Gasteiger partial charge in [0, 0.05) is 18.2 Å². The van der Waals surface area contributed by atoms with Crippen molar-refractivity contribution in [2.75, 3.05) is 0 Å². The van der Waals surface area contributed by atoms with Crippen LogP contribution in [-0.4, -0.2) is 16.6 Å². The fourth-order valence-corrected chi connectivity index (χ4v) is 1.37. The predicted octanol–water partition coefficient (Wildman–Crippen LogP) is 2.13. The summed E-state index contributed by atoms with van der Waals surface area (Å²) in [5.74, 6) is -0.0896. The van der Waals surface area contributed by atoms with Gasteiger partial charge in [0.2, 0.25) is 0 Å². The van der Waals surface area contributed by atoms with E-state index < -0.39 is 10.9 Å². The molecule has 1 aliphatic rings. The third kappa shape index (κ3) is 2.36. The molecule has 0 fully saturated rings. The van der Waals surface area contributed by atoms with Gasteiger partial charge in [0.1, 0.15) is 5.76 Å². The van der Waals surface area contributed by atoms with Crippen molar-refractivity contribution in [1.29, 1.82) is 0 Å². The van der Waals surface area contributed by atoms with Gasteiger partial charge in [-0.2, -0.15) is 0 Å². The fraction of sp³-hybridized carbons (Fsp3) is 0.0909. The molecule has 0 unspecified atom stereocenters. The first kappa shape index (κ1) is 11.0. The number of nitro groups is 1. The number of hydrogen-bond acceptors (Lipinski definition) is 5. The quantitative estimate of drug-likeness (QED) is 0.444. The van der Waals surface area contributed by atoms with E-state index in [4.69, 9.17) is 4.74 Å². The van der Waals surface area contributed by atoms with Gasteiger partial charge in [-0.1, -0.05) is 6.07 Å². The lowest BCUT2D eigenvalue weighted by Gasteiger charge is -1.95. The largest absolute Gasteiger partial charge is 0.427 e. The van der Waals surface area contributed by atoms with Crippen LogP contribution >= 0.6 is 0 Å². The summed E-state index contributed by atoms with van der Waals surface area (Å²) in [6.45, 7) is 1.63. The van der Waals surface area contributed by atoms with E-state index in [-0.39, 0.29) is 11.4 Å². The first-order valence-corrected chi connectivity index (χ1v) is 4.80. The van der Waals surface area contributed by atoms with Crippen LogP contribution in [-0.2, 0) is 9.53 Å². The zero-order valence-electron chi connectivity index (χ0n) is 8.91. The molecule has 0 radical (unpaired) electrons. The molecule has 1 heterocycles. The number of benzene rings is 1. The van der Waals surface area contributed by atoms with Gasteiger partial charge in [-0.25, -0.2) is 9.79 Å². The number of hydrogen-bond donors (Lipinski definition) is 0. The summed E-state index contributed by atoms with van der Waals surface area (Å²) < 4.78 is 4.78. The van der Waals surface area contributed by atoms with Crippen LogP contribution in [0.5, 0.6) is 0 Å². The van der Waals surface area contributed by atoms with Crippen LogP contribution in [0.3, 0.4) is 0 Å². The SMILES string of the molecule is CC1=CC(=Nc2cccc([N+](=O)[O-])c2)C(=O)O1. The lowest BCUT2D eigenvalue weighted by Crippen LogP contribution is -2.06. The third-order valence-corrected chi connectivity index (χ3v) is 2.09. The number of rotatable bonds is 2. The van der Waals surface area contributed by atoms with Crippen LogP contribution in [0.1, 0.15) is 6.92 Å². The monoisotopic (exact) mass is 232 g/mol. The molecule has 0 spiro atoms. The van der Waals surface area contributed by atoms with Gasteiger partial charge >= 0.3 is 5.97 Å².